The van der Waals surface area contributed by atoms with Crippen molar-refractivity contribution in [2.75, 3.05) is 11.9 Å². The van der Waals surface area contributed by atoms with Gasteiger partial charge in [-0.2, -0.15) is 0 Å². The van der Waals surface area contributed by atoms with E-state index < -0.39 is 0 Å². The van der Waals surface area contributed by atoms with Crippen LogP contribution in [0.1, 0.15) is 16.0 Å². The summed E-state index contributed by atoms with van der Waals surface area (Å²) in [4.78, 5) is 13.3. The average molecular weight is 366 g/mol. The number of amides is 1. The third-order valence-electron chi connectivity index (χ3n) is 3.81. The van der Waals surface area contributed by atoms with Crippen molar-refractivity contribution < 1.29 is 9.53 Å². The van der Waals surface area contributed by atoms with Crippen LogP contribution < -0.4 is 15.4 Å². The molecule has 1 amide bonds. The van der Waals surface area contributed by atoms with Crippen molar-refractivity contribution in [3.63, 3.8) is 0 Å². The minimum Gasteiger partial charge on any atom is -0.484 e. The van der Waals surface area contributed by atoms with E-state index in [0.717, 1.165) is 29.9 Å². The number of ether oxygens (including phenoxy) is 1. The Balaban J connectivity index is 1.45. The highest BCUT2D eigenvalue weighted by molar-refractivity contribution is 7.09. The van der Waals surface area contributed by atoms with Crippen LogP contribution in [0.5, 0.6) is 5.75 Å². The molecule has 0 spiro atoms. The van der Waals surface area contributed by atoms with Gasteiger partial charge in [0.1, 0.15) is 5.75 Å². The Kier molecular flexibility index (Phi) is 6.41. The number of anilines is 1. The smallest absolute Gasteiger partial charge is 0.262 e. The fourth-order valence-corrected chi connectivity index (χ4v) is 3.15. The largest absolute Gasteiger partial charge is 0.484 e. The molecule has 0 saturated heterocycles. The van der Waals surface area contributed by atoms with E-state index in [0.29, 0.717) is 5.75 Å². The molecule has 3 rings (SSSR count). The molecule has 0 bridgehead atoms. The van der Waals surface area contributed by atoms with Gasteiger partial charge in [-0.15, -0.1) is 11.3 Å². The Morgan fingerprint density at radius 1 is 1.04 bits per heavy atom. The van der Waals surface area contributed by atoms with Crippen molar-refractivity contribution in [3.8, 4) is 5.75 Å². The molecule has 5 heteroatoms. The lowest BCUT2D eigenvalue weighted by molar-refractivity contribution is -0.118. The van der Waals surface area contributed by atoms with Crippen LogP contribution in [0.25, 0.3) is 0 Å². The SMILES string of the molecule is Cc1ccc(NC(=O)COc2cccc(CNCc3cccs3)c2)cc1. The summed E-state index contributed by atoms with van der Waals surface area (Å²) >= 11 is 1.74. The Morgan fingerprint density at radius 2 is 1.88 bits per heavy atom. The van der Waals surface area contributed by atoms with Crippen molar-refractivity contribution >= 4 is 22.9 Å². The fourth-order valence-electron chi connectivity index (χ4n) is 2.47. The summed E-state index contributed by atoms with van der Waals surface area (Å²) in [6.45, 7) is 3.60. The molecule has 0 saturated carbocycles. The number of hydrogen-bond acceptors (Lipinski definition) is 4. The van der Waals surface area contributed by atoms with Crippen LogP contribution in [0.4, 0.5) is 5.69 Å². The number of carbonyl (C=O) groups excluding carboxylic acids is 1. The third-order valence-corrected chi connectivity index (χ3v) is 4.69. The van der Waals surface area contributed by atoms with Crippen molar-refractivity contribution in [2.24, 2.45) is 0 Å². The van der Waals surface area contributed by atoms with Gasteiger partial charge in [-0.3, -0.25) is 4.79 Å². The normalized spacial score (nSPS) is 10.5. The van der Waals surface area contributed by atoms with Gasteiger partial charge in [-0.25, -0.2) is 0 Å². The summed E-state index contributed by atoms with van der Waals surface area (Å²) in [5.74, 6) is 0.523. The second-order valence-corrected chi connectivity index (χ2v) is 7.07. The number of nitrogens with one attached hydrogen (secondary N) is 2. The topological polar surface area (TPSA) is 50.4 Å². The minimum atomic E-state index is -0.171. The molecule has 4 nitrogen and oxygen atoms in total. The van der Waals surface area contributed by atoms with E-state index in [-0.39, 0.29) is 12.5 Å². The summed E-state index contributed by atoms with van der Waals surface area (Å²) in [5.41, 5.74) is 3.05. The van der Waals surface area contributed by atoms with Crippen LogP contribution in [0.3, 0.4) is 0 Å². The molecular formula is C21H22N2O2S. The van der Waals surface area contributed by atoms with E-state index in [1.807, 2.05) is 55.5 Å². The van der Waals surface area contributed by atoms with Crippen molar-refractivity contribution in [2.45, 2.75) is 20.0 Å². The van der Waals surface area contributed by atoms with Gasteiger partial charge in [-0.05, 0) is 48.2 Å². The van der Waals surface area contributed by atoms with E-state index >= 15 is 0 Å². The zero-order chi connectivity index (χ0) is 18.2. The summed E-state index contributed by atoms with van der Waals surface area (Å²) in [5, 5.41) is 8.31. The Hall–Kier alpha value is -2.63. The second kappa shape index (κ2) is 9.17. The zero-order valence-corrected chi connectivity index (χ0v) is 15.5. The predicted octanol–water partition coefficient (Wildman–Crippen LogP) is 4.36. The minimum absolute atomic E-state index is 0.0139. The molecule has 2 aromatic carbocycles. The first kappa shape index (κ1) is 18.2. The molecule has 26 heavy (non-hydrogen) atoms. The van der Waals surface area contributed by atoms with E-state index in [1.165, 1.54) is 4.88 Å². The lowest BCUT2D eigenvalue weighted by Crippen LogP contribution is -2.20. The number of aryl methyl sites for hydroxylation is 1. The third kappa shape index (κ3) is 5.72. The first-order valence-electron chi connectivity index (χ1n) is 8.50. The van der Waals surface area contributed by atoms with E-state index in [2.05, 4.69) is 28.1 Å². The molecule has 0 aliphatic heterocycles. The molecule has 0 aliphatic rings. The first-order valence-corrected chi connectivity index (χ1v) is 9.38. The van der Waals surface area contributed by atoms with E-state index in [9.17, 15) is 4.79 Å². The Labute approximate surface area is 157 Å². The highest BCUT2D eigenvalue weighted by Crippen LogP contribution is 2.14. The molecule has 0 unspecified atom stereocenters. The lowest BCUT2D eigenvalue weighted by atomic mass is 10.2. The zero-order valence-electron chi connectivity index (χ0n) is 14.7. The summed E-state index contributed by atoms with van der Waals surface area (Å²) < 4.78 is 5.62. The molecule has 0 atom stereocenters. The number of hydrogen-bond donors (Lipinski definition) is 2. The maximum atomic E-state index is 12.0. The number of rotatable bonds is 8. The fraction of sp³-hybridized carbons (Fsp3) is 0.190. The lowest BCUT2D eigenvalue weighted by Gasteiger charge is -2.09. The second-order valence-electron chi connectivity index (χ2n) is 6.03. The standard InChI is InChI=1S/C21H22N2O2S/c1-16-7-9-18(10-8-16)23-21(24)15-25-19-5-2-4-17(12-19)13-22-14-20-6-3-11-26-20/h2-12,22H,13-15H2,1H3,(H,23,24). The van der Waals surface area contributed by atoms with Gasteiger partial charge >= 0.3 is 0 Å². The Morgan fingerprint density at radius 3 is 2.65 bits per heavy atom. The van der Waals surface area contributed by atoms with Crippen LogP contribution in [0.15, 0.2) is 66.0 Å². The highest BCUT2D eigenvalue weighted by Gasteiger charge is 2.04. The molecule has 1 aromatic heterocycles. The maximum Gasteiger partial charge on any atom is 0.262 e. The van der Waals surface area contributed by atoms with Crippen molar-refractivity contribution in [3.05, 3.63) is 82.0 Å². The Bertz CT molecular complexity index is 829. The number of thiophene rings is 1. The van der Waals surface area contributed by atoms with Crippen LogP contribution in [0.2, 0.25) is 0 Å². The van der Waals surface area contributed by atoms with Crippen LogP contribution in [-0.4, -0.2) is 12.5 Å². The summed E-state index contributed by atoms with van der Waals surface area (Å²) in [7, 11) is 0. The first-order chi connectivity index (χ1) is 12.7. The molecule has 0 aliphatic carbocycles. The average Bonchev–Trinajstić information content (AvgIpc) is 3.16. The molecular weight excluding hydrogens is 344 g/mol. The van der Waals surface area contributed by atoms with Crippen molar-refractivity contribution in [1.29, 1.82) is 0 Å². The van der Waals surface area contributed by atoms with Gasteiger partial charge in [-0.1, -0.05) is 35.9 Å². The van der Waals surface area contributed by atoms with E-state index in [4.69, 9.17) is 4.74 Å². The van der Waals surface area contributed by atoms with E-state index in [1.54, 1.807) is 11.3 Å². The highest BCUT2D eigenvalue weighted by atomic mass is 32.1. The van der Waals surface area contributed by atoms with Gasteiger partial charge in [0.15, 0.2) is 6.61 Å². The quantitative estimate of drug-likeness (QED) is 0.623. The number of benzene rings is 2. The predicted molar refractivity (Wildman–Crippen MR) is 107 cm³/mol. The van der Waals surface area contributed by atoms with Crippen LogP contribution in [0, 0.1) is 6.92 Å². The van der Waals surface area contributed by atoms with Gasteiger partial charge in [0.05, 0.1) is 0 Å². The van der Waals surface area contributed by atoms with Gasteiger partial charge < -0.3 is 15.4 Å². The van der Waals surface area contributed by atoms with Crippen molar-refractivity contribution in [1.82, 2.24) is 5.32 Å². The van der Waals surface area contributed by atoms with Gasteiger partial charge in [0.2, 0.25) is 0 Å². The van der Waals surface area contributed by atoms with Gasteiger partial charge in [0.25, 0.3) is 5.91 Å². The molecule has 0 fully saturated rings. The van der Waals surface area contributed by atoms with Gasteiger partial charge in [0, 0.05) is 23.7 Å². The van der Waals surface area contributed by atoms with Crippen LogP contribution in [-0.2, 0) is 17.9 Å². The monoisotopic (exact) mass is 366 g/mol. The molecule has 3 aromatic rings. The van der Waals surface area contributed by atoms with Crippen LogP contribution >= 0.6 is 11.3 Å². The molecule has 134 valence electrons. The summed E-state index contributed by atoms with van der Waals surface area (Å²) in [6, 6.07) is 19.7. The number of carbonyl (C=O) groups is 1. The molecule has 1 heterocycles. The maximum absolute atomic E-state index is 12.0. The summed E-state index contributed by atoms with van der Waals surface area (Å²) in [6.07, 6.45) is 0. The molecule has 0 radical (unpaired) electrons. The molecule has 2 N–H and O–H groups in total.